The van der Waals surface area contributed by atoms with Gasteiger partial charge in [0.15, 0.2) is 0 Å². The molecule has 1 aromatic heterocycles. The highest BCUT2D eigenvalue weighted by atomic mass is 32.2. The van der Waals surface area contributed by atoms with Crippen LogP contribution in [-0.4, -0.2) is 29.6 Å². The summed E-state index contributed by atoms with van der Waals surface area (Å²) in [6.07, 6.45) is 1.34. The Morgan fingerprint density at radius 3 is 2.76 bits per heavy atom. The summed E-state index contributed by atoms with van der Waals surface area (Å²) >= 11 is 0. The van der Waals surface area contributed by atoms with E-state index in [4.69, 9.17) is 0 Å². The second-order valence-corrected chi connectivity index (χ2v) is 6.71. The first kappa shape index (κ1) is 15.6. The number of hydrogen-bond acceptors (Lipinski definition) is 5. The second-order valence-electron chi connectivity index (χ2n) is 4.94. The molecule has 0 radical (unpaired) electrons. The van der Waals surface area contributed by atoms with E-state index in [1.54, 1.807) is 18.2 Å². The van der Waals surface area contributed by atoms with Gasteiger partial charge < -0.3 is 5.32 Å². The number of hydrogen-bond donors (Lipinski definition) is 3. The third-order valence-electron chi connectivity index (χ3n) is 2.82. The predicted octanol–water partition coefficient (Wildman–Crippen LogP) is 0.781. The third-order valence-corrected chi connectivity index (χ3v) is 4.22. The van der Waals surface area contributed by atoms with Gasteiger partial charge in [-0.15, -0.1) is 0 Å². The highest BCUT2D eigenvalue weighted by Gasteiger charge is 2.14. The van der Waals surface area contributed by atoms with E-state index in [1.807, 2.05) is 19.9 Å². The summed E-state index contributed by atoms with van der Waals surface area (Å²) in [5, 5.41) is 9.53. The molecule has 2 aromatic rings. The van der Waals surface area contributed by atoms with Crippen LogP contribution < -0.4 is 10.0 Å². The molecule has 0 unspecified atom stereocenters. The number of benzene rings is 1. The van der Waals surface area contributed by atoms with Crippen LogP contribution in [0.2, 0.25) is 0 Å². The maximum absolute atomic E-state index is 12.2. The van der Waals surface area contributed by atoms with Crippen LogP contribution in [0.5, 0.6) is 0 Å². The molecular weight excluding hydrogens is 290 g/mol. The molecule has 1 heterocycles. The molecule has 0 atom stereocenters. The monoisotopic (exact) mass is 309 g/mol. The third kappa shape index (κ3) is 4.62. The minimum Gasteiger partial charge on any atom is -0.310 e. The van der Waals surface area contributed by atoms with Crippen LogP contribution >= 0.6 is 0 Å². The van der Waals surface area contributed by atoms with Crippen molar-refractivity contribution in [1.29, 1.82) is 0 Å². The molecular formula is C13H19N5O2S. The van der Waals surface area contributed by atoms with Gasteiger partial charge >= 0.3 is 0 Å². The van der Waals surface area contributed by atoms with Crippen LogP contribution in [0.1, 0.15) is 25.2 Å². The SMILES string of the molecule is CC(C)NCc1cccc(S(=O)(=O)NCc2ncn[nH]2)c1. The molecule has 2 rings (SSSR count). The minimum atomic E-state index is -3.56. The molecule has 0 bridgehead atoms. The van der Waals surface area contributed by atoms with Crippen LogP contribution in [0, 0.1) is 0 Å². The zero-order chi connectivity index (χ0) is 15.3. The fraction of sp³-hybridized carbons (Fsp3) is 0.385. The van der Waals surface area contributed by atoms with E-state index >= 15 is 0 Å². The quantitative estimate of drug-likeness (QED) is 0.702. The number of sulfonamides is 1. The molecule has 21 heavy (non-hydrogen) atoms. The number of H-pyrrole nitrogens is 1. The molecule has 8 heteroatoms. The standard InChI is InChI=1S/C13H19N5O2S/c1-10(2)14-7-11-4-3-5-12(6-11)21(19,20)17-8-13-15-9-16-18-13/h3-6,9-10,14,17H,7-8H2,1-2H3,(H,15,16,18). The van der Waals surface area contributed by atoms with Gasteiger partial charge in [0.25, 0.3) is 0 Å². The lowest BCUT2D eigenvalue weighted by Crippen LogP contribution is -2.25. The maximum Gasteiger partial charge on any atom is 0.240 e. The summed E-state index contributed by atoms with van der Waals surface area (Å²) in [7, 11) is -3.56. The maximum atomic E-state index is 12.2. The highest BCUT2D eigenvalue weighted by molar-refractivity contribution is 7.89. The van der Waals surface area contributed by atoms with E-state index in [0.717, 1.165) is 5.56 Å². The Morgan fingerprint density at radius 1 is 1.29 bits per heavy atom. The van der Waals surface area contributed by atoms with Crippen molar-refractivity contribution in [3.8, 4) is 0 Å². The Balaban J connectivity index is 2.06. The average molecular weight is 309 g/mol. The Kier molecular flexibility index (Phi) is 5.05. The zero-order valence-corrected chi connectivity index (χ0v) is 12.8. The normalized spacial score (nSPS) is 12.0. The summed E-state index contributed by atoms with van der Waals surface area (Å²) in [4.78, 5) is 4.12. The van der Waals surface area contributed by atoms with E-state index in [0.29, 0.717) is 18.4 Å². The topological polar surface area (TPSA) is 99.8 Å². The molecule has 0 aliphatic carbocycles. The largest absolute Gasteiger partial charge is 0.310 e. The van der Waals surface area contributed by atoms with Crippen LogP contribution in [0.4, 0.5) is 0 Å². The van der Waals surface area contributed by atoms with E-state index in [-0.39, 0.29) is 11.4 Å². The van der Waals surface area contributed by atoms with E-state index in [2.05, 4.69) is 25.2 Å². The van der Waals surface area contributed by atoms with Gasteiger partial charge in [-0.05, 0) is 17.7 Å². The molecule has 0 saturated heterocycles. The van der Waals surface area contributed by atoms with Crippen molar-refractivity contribution in [3.63, 3.8) is 0 Å². The number of aromatic amines is 1. The van der Waals surface area contributed by atoms with E-state index in [1.165, 1.54) is 6.33 Å². The molecule has 0 aliphatic rings. The van der Waals surface area contributed by atoms with Crippen molar-refractivity contribution in [1.82, 2.24) is 25.2 Å². The van der Waals surface area contributed by atoms with Crippen molar-refractivity contribution < 1.29 is 8.42 Å². The lowest BCUT2D eigenvalue weighted by molar-refractivity contribution is 0.577. The number of nitrogens with one attached hydrogen (secondary N) is 3. The number of rotatable bonds is 7. The highest BCUT2D eigenvalue weighted by Crippen LogP contribution is 2.12. The molecule has 3 N–H and O–H groups in total. The summed E-state index contributed by atoms with van der Waals surface area (Å²) in [6.45, 7) is 4.79. The summed E-state index contributed by atoms with van der Waals surface area (Å²) in [5.41, 5.74) is 0.922. The molecule has 0 fully saturated rings. The van der Waals surface area contributed by atoms with Gasteiger partial charge in [0, 0.05) is 12.6 Å². The van der Waals surface area contributed by atoms with Crippen molar-refractivity contribution in [2.75, 3.05) is 0 Å². The molecule has 7 nitrogen and oxygen atoms in total. The van der Waals surface area contributed by atoms with E-state index in [9.17, 15) is 8.42 Å². The lowest BCUT2D eigenvalue weighted by Gasteiger charge is -2.10. The first-order chi connectivity index (χ1) is 9.97. The minimum absolute atomic E-state index is 0.0802. The van der Waals surface area contributed by atoms with Crippen LogP contribution in [0.3, 0.4) is 0 Å². The number of aromatic nitrogens is 3. The summed E-state index contributed by atoms with van der Waals surface area (Å²) < 4.78 is 26.9. The fourth-order valence-corrected chi connectivity index (χ4v) is 2.76. The van der Waals surface area contributed by atoms with Crippen LogP contribution in [0.25, 0.3) is 0 Å². The predicted molar refractivity (Wildman–Crippen MR) is 78.8 cm³/mol. The Hall–Kier alpha value is -1.77. The smallest absolute Gasteiger partial charge is 0.240 e. The molecule has 0 spiro atoms. The lowest BCUT2D eigenvalue weighted by atomic mass is 10.2. The fourth-order valence-electron chi connectivity index (χ4n) is 1.71. The zero-order valence-electron chi connectivity index (χ0n) is 12.0. The molecule has 114 valence electrons. The Bertz CT molecular complexity index is 668. The van der Waals surface area contributed by atoms with Crippen molar-refractivity contribution in [2.45, 2.75) is 37.9 Å². The van der Waals surface area contributed by atoms with Crippen LogP contribution in [-0.2, 0) is 23.1 Å². The molecule has 0 amide bonds. The van der Waals surface area contributed by atoms with Crippen molar-refractivity contribution >= 4 is 10.0 Å². The molecule has 0 aliphatic heterocycles. The Labute approximate surface area is 124 Å². The van der Waals surface area contributed by atoms with Gasteiger partial charge in [-0.2, -0.15) is 5.10 Å². The van der Waals surface area contributed by atoms with Gasteiger partial charge in [0.05, 0.1) is 11.4 Å². The first-order valence-corrected chi connectivity index (χ1v) is 8.12. The van der Waals surface area contributed by atoms with E-state index < -0.39 is 10.0 Å². The molecule has 0 saturated carbocycles. The Morgan fingerprint density at radius 2 is 2.10 bits per heavy atom. The van der Waals surface area contributed by atoms with Gasteiger partial charge in [-0.1, -0.05) is 26.0 Å². The van der Waals surface area contributed by atoms with Crippen molar-refractivity contribution in [2.24, 2.45) is 0 Å². The van der Waals surface area contributed by atoms with Gasteiger partial charge in [-0.25, -0.2) is 18.1 Å². The van der Waals surface area contributed by atoms with Gasteiger partial charge in [0.2, 0.25) is 10.0 Å². The molecule has 1 aromatic carbocycles. The van der Waals surface area contributed by atoms with Crippen molar-refractivity contribution in [3.05, 3.63) is 42.0 Å². The summed E-state index contributed by atoms with van der Waals surface area (Å²) in [6, 6.07) is 7.21. The number of nitrogens with zero attached hydrogens (tertiary/aromatic N) is 2. The average Bonchev–Trinajstić information content (AvgIpc) is 2.97. The first-order valence-electron chi connectivity index (χ1n) is 6.63. The van der Waals surface area contributed by atoms with Gasteiger partial charge in [0.1, 0.15) is 12.2 Å². The summed E-state index contributed by atoms with van der Waals surface area (Å²) in [5.74, 6) is 0.469. The van der Waals surface area contributed by atoms with Crippen LogP contribution in [0.15, 0.2) is 35.5 Å². The van der Waals surface area contributed by atoms with Gasteiger partial charge in [-0.3, -0.25) is 5.10 Å². The second kappa shape index (κ2) is 6.79.